The van der Waals surface area contributed by atoms with Crippen LogP contribution >= 0.6 is 11.3 Å². The molecule has 5 nitrogen and oxygen atoms in total. The van der Waals surface area contributed by atoms with Crippen molar-refractivity contribution in [2.45, 2.75) is 0 Å². The van der Waals surface area contributed by atoms with E-state index >= 15 is 0 Å². The highest BCUT2D eigenvalue weighted by Gasteiger charge is 2.10. The Balaban J connectivity index is 2.10. The molecule has 2 heterocycles. The number of rotatable bonds is 4. The Labute approximate surface area is 102 Å². The fraction of sp³-hybridized carbons (Fsp3) is 0.0909. The second kappa shape index (κ2) is 5.31. The van der Waals surface area contributed by atoms with Gasteiger partial charge in [0, 0.05) is 0 Å². The summed E-state index contributed by atoms with van der Waals surface area (Å²) in [6, 6.07) is 6.99. The first kappa shape index (κ1) is 11.4. The quantitative estimate of drug-likeness (QED) is 0.297. The highest BCUT2D eigenvalue weighted by Crippen LogP contribution is 2.10. The predicted molar refractivity (Wildman–Crippen MR) is 65.0 cm³/mol. The van der Waals surface area contributed by atoms with Gasteiger partial charge in [-0.05, 0) is 23.6 Å². The number of thiophene rings is 1. The lowest BCUT2D eigenvalue weighted by molar-refractivity contribution is -0.435. The summed E-state index contributed by atoms with van der Waals surface area (Å²) in [7, 11) is 0. The third-order valence-electron chi connectivity index (χ3n) is 2.05. The van der Waals surface area contributed by atoms with Gasteiger partial charge in [0.25, 0.3) is 0 Å². The van der Waals surface area contributed by atoms with Crippen molar-refractivity contribution >= 4 is 23.3 Å². The SMILES string of the molecule is [O-][N+](=Cc1ccco1)CC(=NO)c1cccs1. The van der Waals surface area contributed by atoms with Gasteiger partial charge in [-0.1, -0.05) is 11.2 Å². The van der Waals surface area contributed by atoms with Crippen molar-refractivity contribution in [2.24, 2.45) is 5.16 Å². The van der Waals surface area contributed by atoms with Gasteiger partial charge in [-0.25, -0.2) is 4.74 Å². The maximum atomic E-state index is 11.6. The number of furan rings is 1. The van der Waals surface area contributed by atoms with Crippen LogP contribution in [0, 0.1) is 5.21 Å². The molecule has 0 bridgehead atoms. The van der Waals surface area contributed by atoms with Gasteiger partial charge in [-0.15, -0.1) is 11.3 Å². The molecule has 0 fully saturated rings. The highest BCUT2D eigenvalue weighted by molar-refractivity contribution is 7.12. The van der Waals surface area contributed by atoms with E-state index in [9.17, 15) is 5.21 Å². The standard InChI is InChI=1S/C11H10N2O3S/c14-12-10(11-4-2-6-17-11)8-13(15)7-9-3-1-5-16-9/h1-7,14H,8H2. The number of hydrogen-bond donors (Lipinski definition) is 1. The van der Waals surface area contributed by atoms with Gasteiger partial charge in [-0.3, -0.25) is 0 Å². The number of hydrogen-bond acceptors (Lipinski definition) is 5. The highest BCUT2D eigenvalue weighted by atomic mass is 32.1. The second-order valence-corrected chi connectivity index (χ2v) is 4.19. The average Bonchev–Trinajstić information content (AvgIpc) is 2.97. The Morgan fingerprint density at radius 2 is 2.41 bits per heavy atom. The van der Waals surface area contributed by atoms with Crippen LogP contribution in [0.4, 0.5) is 0 Å². The second-order valence-electron chi connectivity index (χ2n) is 3.24. The molecule has 6 heteroatoms. The Hall–Kier alpha value is -2.08. The summed E-state index contributed by atoms with van der Waals surface area (Å²) < 4.78 is 5.67. The van der Waals surface area contributed by atoms with E-state index in [1.54, 1.807) is 18.2 Å². The molecule has 0 aliphatic rings. The third kappa shape index (κ3) is 2.94. The topological polar surface area (TPSA) is 71.8 Å². The van der Waals surface area contributed by atoms with Crippen LogP contribution in [0.2, 0.25) is 0 Å². The smallest absolute Gasteiger partial charge is 0.217 e. The van der Waals surface area contributed by atoms with Crippen LogP contribution in [-0.2, 0) is 0 Å². The van der Waals surface area contributed by atoms with Crippen LogP contribution in [0.5, 0.6) is 0 Å². The number of nitrogens with zero attached hydrogens (tertiary/aromatic N) is 2. The Morgan fingerprint density at radius 1 is 1.53 bits per heavy atom. The van der Waals surface area contributed by atoms with Crippen molar-refractivity contribution in [1.82, 2.24) is 0 Å². The van der Waals surface area contributed by atoms with Crippen molar-refractivity contribution < 1.29 is 14.4 Å². The van der Waals surface area contributed by atoms with Gasteiger partial charge >= 0.3 is 0 Å². The molecule has 88 valence electrons. The van der Waals surface area contributed by atoms with Crippen LogP contribution in [0.3, 0.4) is 0 Å². The Morgan fingerprint density at radius 3 is 3.00 bits per heavy atom. The molecule has 2 aromatic heterocycles. The van der Waals surface area contributed by atoms with Crippen molar-refractivity contribution in [1.29, 1.82) is 0 Å². The monoisotopic (exact) mass is 250 g/mol. The molecule has 0 atom stereocenters. The molecular formula is C11H10N2O3S. The van der Waals surface area contributed by atoms with Crippen LogP contribution in [-0.4, -0.2) is 28.4 Å². The zero-order chi connectivity index (χ0) is 12.1. The first-order valence-corrected chi connectivity index (χ1v) is 5.74. The molecule has 0 aliphatic heterocycles. The molecule has 2 rings (SSSR count). The molecule has 0 aliphatic carbocycles. The largest absolute Gasteiger partial charge is 0.623 e. The molecule has 1 N–H and O–H groups in total. The third-order valence-corrected chi connectivity index (χ3v) is 2.97. The lowest BCUT2D eigenvalue weighted by Gasteiger charge is -2.03. The summed E-state index contributed by atoms with van der Waals surface area (Å²) in [6.45, 7) is -0.0300. The summed E-state index contributed by atoms with van der Waals surface area (Å²) in [5.41, 5.74) is 0.331. The summed E-state index contributed by atoms with van der Waals surface area (Å²) in [6.07, 6.45) is 2.79. The van der Waals surface area contributed by atoms with Crippen molar-refractivity contribution in [3.8, 4) is 0 Å². The van der Waals surface area contributed by atoms with Crippen molar-refractivity contribution in [3.05, 3.63) is 51.8 Å². The normalized spacial score (nSPS) is 12.9. The van der Waals surface area contributed by atoms with E-state index in [2.05, 4.69) is 5.16 Å². The summed E-state index contributed by atoms with van der Waals surface area (Å²) >= 11 is 1.41. The van der Waals surface area contributed by atoms with E-state index in [0.717, 1.165) is 4.88 Å². The Kier molecular flexibility index (Phi) is 3.56. The lowest BCUT2D eigenvalue weighted by atomic mass is 10.3. The van der Waals surface area contributed by atoms with Crippen LogP contribution < -0.4 is 0 Å². The first-order valence-electron chi connectivity index (χ1n) is 4.86. The van der Waals surface area contributed by atoms with Gasteiger partial charge in [0.2, 0.25) is 6.21 Å². The van der Waals surface area contributed by atoms with Crippen molar-refractivity contribution in [3.63, 3.8) is 0 Å². The summed E-state index contributed by atoms with van der Waals surface area (Å²) in [5.74, 6) is 0.462. The molecule has 0 amide bonds. The van der Waals surface area contributed by atoms with Gasteiger partial charge in [0.1, 0.15) is 0 Å². The van der Waals surface area contributed by atoms with Gasteiger partial charge in [0.05, 0.1) is 11.1 Å². The first-order chi connectivity index (χ1) is 8.29. The van der Waals surface area contributed by atoms with E-state index < -0.39 is 0 Å². The van der Waals surface area contributed by atoms with Crippen LogP contribution in [0.15, 0.2) is 45.5 Å². The average molecular weight is 250 g/mol. The minimum absolute atomic E-state index is 0.0300. The zero-order valence-electron chi connectivity index (χ0n) is 8.81. The fourth-order valence-electron chi connectivity index (χ4n) is 1.30. The molecule has 0 spiro atoms. The van der Waals surface area contributed by atoms with Gasteiger partial charge in [-0.2, -0.15) is 0 Å². The zero-order valence-corrected chi connectivity index (χ0v) is 9.63. The molecular weight excluding hydrogens is 240 g/mol. The van der Waals surface area contributed by atoms with E-state index in [-0.39, 0.29) is 6.54 Å². The van der Waals surface area contributed by atoms with Gasteiger partial charge < -0.3 is 14.8 Å². The minimum Gasteiger partial charge on any atom is -0.623 e. The molecule has 0 saturated heterocycles. The predicted octanol–water partition coefficient (Wildman–Crippen LogP) is 2.15. The molecule has 2 aromatic rings. The minimum atomic E-state index is -0.0300. The molecule has 0 unspecified atom stereocenters. The maximum absolute atomic E-state index is 11.6. The van der Waals surface area contributed by atoms with Crippen LogP contribution in [0.1, 0.15) is 10.6 Å². The van der Waals surface area contributed by atoms with Crippen LogP contribution in [0.25, 0.3) is 0 Å². The molecule has 0 saturated carbocycles. The van der Waals surface area contributed by atoms with E-state index in [1.807, 2.05) is 11.4 Å². The molecule has 17 heavy (non-hydrogen) atoms. The number of hydroxylamine groups is 1. The maximum Gasteiger partial charge on any atom is 0.217 e. The molecule has 0 radical (unpaired) electrons. The Bertz CT molecular complexity index is 515. The fourth-order valence-corrected chi connectivity index (χ4v) is 2.00. The number of oxime groups is 1. The van der Waals surface area contributed by atoms with Gasteiger partial charge in [0.15, 0.2) is 18.0 Å². The lowest BCUT2D eigenvalue weighted by Crippen LogP contribution is -2.17. The van der Waals surface area contributed by atoms with E-state index in [4.69, 9.17) is 9.62 Å². The molecule has 0 aromatic carbocycles. The van der Waals surface area contributed by atoms with E-state index in [0.29, 0.717) is 16.2 Å². The summed E-state index contributed by atoms with van der Waals surface area (Å²) in [5, 5.41) is 25.4. The van der Waals surface area contributed by atoms with Crippen molar-refractivity contribution in [2.75, 3.05) is 6.54 Å². The van der Waals surface area contributed by atoms with E-state index in [1.165, 1.54) is 23.8 Å². The summed E-state index contributed by atoms with van der Waals surface area (Å²) in [4.78, 5) is 0.765.